The predicted molar refractivity (Wildman–Crippen MR) is 160 cm³/mol. The summed E-state index contributed by atoms with van der Waals surface area (Å²) in [5.74, 6) is 0. The van der Waals surface area contributed by atoms with Crippen LogP contribution in [0.5, 0.6) is 0 Å². The summed E-state index contributed by atoms with van der Waals surface area (Å²) in [6.07, 6.45) is 10.5. The van der Waals surface area contributed by atoms with Crippen LogP contribution in [-0.2, 0) is 12.8 Å². The molecule has 0 bridgehead atoms. The van der Waals surface area contributed by atoms with Crippen molar-refractivity contribution in [3.8, 4) is 22.5 Å². The van der Waals surface area contributed by atoms with Gasteiger partial charge in [0.1, 0.15) is 0 Å². The summed E-state index contributed by atoms with van der Waals surface area (Å²) in [5.41, 5.74) is 10.1. The van der Waals surface area contributed by atoms with Crippen molar-refractivity contribution in [1.82, 2.24) is 0 Å². The number of nitrogens with zero attached hydrogens (tertiary/aromatic N) is 2. The fraction of sp³-hybridized carbons (Fsp3) is 0.0811. The van der Waals surface area contributed by atoms with Gasteiger partial charge in [0.25, 0.3) is 0 Å². The standard InChI is InChI=1S/C36H30N2.CH4/c1-3-11-29(12-4-1)27-33-15-7-9-17-35(33)37-23-19-31(20-24-37)32-21-25-38(26-22-32)36-18-10-8-16-34(36)28-30-13-5-2-6-14-30;/h1-26H,27-28H2;1H4/q+2;. The van der Waals surface area contributed by atoms with Gasteiger partial charge in [-0.25, -0.2) is 0 Å². The molecule has 4 aromatic carbocycles. The second-order valence-corrected chi connectivity index (χ2v) is 9.57. The first-order chi connectivity index (χ1) is 18.8. The summed E-state index contributed by atoms with van der Waals surface area (Å²) >= 11 is 0. The quantitative estimate of drug-likeness (QED) is 0.196. The molecule has 2 heterocycles. The molecule has 0 saturated heterocycles. The van der Waals surface area contributed by atoms with Gasteiger partial charge in [-0.15, -0.1) is 0 Å². The van der Waals surface area contributed by atoms with Crippen LogP contribution in [0.2, 0.25) is 0 Å². The molecule has 0 amide bonds. The Balaban J connectivity index is 0.00000308. The third kappa shape index (κ3) is 6.02. The van der Waals surface area contributed by atoms with Crippen molar-refractivity contribution in [2.75, 3.05) is 0 Å². The third-order valence-electron chi connectivity index (χ3n) is 7.01. The van der Waals surface area contributed by atoms with Crippen molar-refractivity contribution < 1.29 is 9.13 Å². The second kappa shape index (κ2) is 12.1. The van der Waals surface area contributed by atoms with Crippen molar-refractivity contribution >= 4 is 0 Å². The largest absolute Gasteiger partial charge is 0.214 e. The van der Waals surface area contributed by atoms with E-state index in [0.717, 1.165) is 12.8 Å². The van der Waals surface area contributed by atoms with Crippen LogP contribution >= 0.6 is 0 Å². The van der Waals surface area contributed by atoms with Gasteiger partial charge in [-0.3, -0.25) is 0 Å². The van der Waals surface area contributed by atoms with Gasteiger partial charge in [-0.05, 0) is 22.3 Å². The van der Waals surface area contributed by atoms with E-state index in [0.29, 0.717) is 0 Å². The Kier molecular flexibility index (Phi) is 8.04. The molecule has 0 radical (unpaired) electrons. The van der Waals surface area contributed by atoms with Crippen LogP contribution in [0.15, 0.2) is 158 Å². The van der Waals surface area contributed by atoms with Gasteiger partial charge in [-0.2, -0.15) is 9.13 Å². The highest BCUT2D eigenvalue weighted by Gasteiger charge is 2.15. The van der Waals surface area contributed by atoms with E-state index in [1.807, 2.05) is 0 Å². The molecule has 6 rings (SSSR count). The Morgan fingerprint density at radius 1 is 0.359 bits per heavy atom. The number of hydrogen-bond acceptors (Lipinski definition) is 0. The molecule has 39 heavy (non-hydrogen) atoms. The second-order valence-electron chi connectivity index (χ2n) is 9.57. The van der Waals surface area contributed by atoms with E-state index in [-0.39, 0.29) is 7.43 Å². The topological polar surface area (TPSA) is 7.76 Å². The molecule has 0 aliphatic rings. The molecule has 2 heteroatoms. The zero-order valence-corrected chi connectivity index (χ0v) is 21.3. The number of para-hydroxylation sites is 2. The summed E-state index contributed by atoms with van der Waals surface area (Å²) in [5, 5.41) is 0. The van der Waals surface area contributed by atoms with Crippen molar-refractivity contribution in [2.24, 2.45) is 0 Å². The Hall–Kier alpha value is -4.82. The number of aromatic nitrogens is 2. The lowest BCUT2D eigenvalue weighted by atomic mass is 10.0. The van der Waals surface area contributed by atoms with E-state index in [2.05, 4.69) is 167 Å². The minimum absolute atomic E-state index is 0. The Morgan fingerprint density at radius 2 is 0.692 bits per heavy atom. The maximum Gasteiger partial charge on any atom is 0.214 e. The van der Waals surface area contributed by atoms with E-state index in [9.17, 15) is 0 Å². The first-order valence-corrected chi connectivity index (χ1v) is 13.1. The fourth-order valence-electron chi connectivity index (χ4n) is 5.01. The van der Waals surface area contributed by atoms with Crippen molar-refractivity contribution in [2.45, 2.75) is 20.3 Å². The van der Waals surface area contributed by atoms with Crippen LogP contribution in [0.25, 0.3) is 22.5 Å². The Labute approximate surface area is 232 Å². The molecule has 0 fully saturated rings. The molecule has 0 saturated carbocycles. The van der Waals surface area contributed by atoms with Crippen LogP contribution in [0, 0.1) is 0 Å². The summed E-state index contributed by atoms with van der Waals surface area (Å²) in [6, 6.07) is 47.3. The lowest BCUT2D eigenvalue weighted by Gasteiger charge is -2.07. The predicted octanol–water partition coefficient (Wildman–Crippen LogP) is 7.72. The van der Waals surface area contributed by atoms with Gasteiger partial charge in [0.05, 0.1) is 0 Å². The molecule has 0 spiro atoms. The Morgan fingerprint density at radius 3 is 1.08 bits per heavy atom. The van der Waals surface area contributed by atoms with Crippen LogP contribution in [0.1, 0.15) is 29.7 Å². The van der Waals surface area contributed by atoms with E-state index < -0.39 is 0 Å². The molecule has 2 nitrogen and oxygen atoms in total. The summed E-state index contributed by atoms with van der Waals surface area (Å²) < 4.78 is 4.43. The van der Waals surface area contributed by atoms with Gasteiger partial charge in [-0.1, -0.05) is 104 Å². The number of hydrogen-bond donors (Lipinski definition) is 0. The monoisotopic (exact) mass is 506 g/mol. The molecular formula is C37H34N2+2. The lowest BCUT2D eigenvalue weighted by molar-refractivity contribution is -0.596. The minimum atomic E-state index is 0. The van der Waals surface area contributed by atoms with Gasteiger partial charge < -0.3 is 0 Å². The molecule has 0 aliphatic carbocycles. The normalized spacial score (nSPS) is 10.6. The fourth-order valence-corrected chi connectivity index (χ4v) is 5.01. The molecule has 0 N–H and O–H groups in total. The zero-order chi connectivity index (χ0) is 25.6. The molecule has 0 unspecified atom stereocenters. The third-order valence-corrected chi connectivity index (χ3v) is 7.01. The average molecular weight is 507 g/mol. The van der Waals surface area contributed by atoms with Crippen LogP contribution in [0.3, 0.4) is 0 Å². The van der Waals surface area contributed by atoms with E-state index in [1.165, 1.54) is 44.8 Å². The maximum absolute atomic E-state index is 2.22. The van der Waals surface area contributed by atoms with Crippen molar-refractivity contribution in [1.29, 1.82) is 0 Å². The van der Waals surface area contributed by atoms with Gasteiger partial charge in [0.2, 0.25) is 11.4 Å². The molecule has 0 aliphatic heterocycles. The minimum Gasteiger partial charge on any atom is -0.167 e. The van der Waals surface area contributed by atoms with E-state index in [4.69, 9.17) is 0 Å². The Bertz CT molecular complexity index is 1500. The summed E-state index contributed by atoms with van der Waals surface area (Å²) in [7, 11) is 0. The smallest absolute Gasteiger partial charge is 0.167 e. The highest BCUT2D eigenvalue weighted by Crippen LogP contribution is 2.20. The first-order valence-electron chi connectivity index (χ1n) is 13.1. The number of pyridine rings is 2. The van der Waals surface area contributed by atoms with E-state index in [1.54, 1.807) is 0 Å². The average Bonchev–Trinajstić information content (AvgIpc) is 2.99. The molecule has 6 aromatic rings. The van der Waals surface area contributed by atoms with Gasteiger partial charge in [0, 0.05) is 60.4 Å². The van der Waals surface area contributed by atoms with Crippen LogP contribution < -0.4 is 9.13 Å². The highest BCUT2D eigenvalue weighted by molar-refractivity contribution is 5.61. The highest BCUT2D eigenvalue weighted by atomic mass is 14.9. The first kappa shape index (κ1) is 25.8. The van der Waals surface area contributed by atoms with Crippen LogP contribution in [-0.4, -0.2) is 0 Å². The number of benzene rings is 4. The van der Waals surface area contributed by atoms with Gasteiger partial charge in [0.15, 0.2) is 24.8 Å². The maximum atomic E-state index is 2.22. The van der Waals surface area contributed by atoms with Crippen molar-refractivity contribution in [3.05, 3.63) is 181 Å². The molecular weight excluding hydrogens is 472 g/mol. The molecule has 190 valence electrons. The number of rotatable bonds is 7. The van der Waals surface area contributed by atoms with Crippen molar-refractivity contribution in [3.63, 3.8) is 0 Å². The molecule has 2 aromatic heterocycles. The van der Waals surface area contributed by atoms with Crippen LogP contribution in [0.4, 0.5) is 0 Å². The summed E-state index contributed by atoms with van der Waals surface area (Å²) in [6.45, 7) is 0. The lowest BCUT2D eigenvalue weighted by Crippen LogP contribution is -2.31. The van der Waals surface area contributed by atoms with Gasteiger partial charge >= 0.3 is 0 Å². The van der Waals surface area contributed by atoms with E-state index >= 15 is 0 Å². The summed E-state index contributed by atoms with van der Waals surface area (Å²) in [4.78, 5) is 0. The zero-order valence-electron chi connectivity index (χ0n) is 21.3. The SMILES string of the molecule is C.c1ccc(Cc2ccccc2-[n+]2ccc(-c3cc[n+](-c4ccccc4Cc4ccccc4)cc3)cc2)cc1. The molecule has 0 atom stereocenters.